The number of hydrogen-bond acceptors (Lipinski definition) is 3. The summed E-state index contributed by atoms with van der Waals surface area (Å²) in [7, 11) is 0. The lowest BCUT2D eigenvalue weighted by Crippen LogP contribution is -2.35. The van der Waals surface area contributed by atoms with Gasteiger partial charge < -0.3 is 14.5 Å². The van der Waals surface area contributed by atoms with E-state index >= 15 is 0 Å². The van der Waals surface area contributed by atoms with Crippen molar-refractivity contribution in [1.82, 2.24) is 5.32 Å². The van der Waals surface area contributed by atoms with Gasteiger partial charge in [-0.05, 0) is 45.0 Å². The van der Waals surface area contributed by atoms with Gasteiger partial charge in [0.15, 0.2) is 0 Å². The molecule has 1 heterocycles. The van der Waals surface area contributed by atoms with E-state index in [9.17, 15) is 0 Å². The van der Waals surface area contributed by atoms with E-state index in [-0.39, 0.29) is 5.54 Å². The maximum atomic E-state index is 5.79. The van der Waals surface area contributed by atoms with Gasteiger partial charge >= 0.3 is 0 Å². The van der Waals surface area contributed by atoms with Crippen LogP contribution in [0.1, 0.15) is 32.1 Å². The summed E-state index contributed by atoms with van der Waals surface area (Å²) in [6, 6.07) is 9.78. The first kappa shape index (κ1) is 15.1. The highest BCUT2D eigenvalue weighted by Gasteiger charge is 2.12. The molecule has 0 amide bonds. The van der Waals surface area contributed by atoms with Gasteiger partial charge in [0.05, 0.1) is 12.8 Å². The van der Waals surface area contributed by atoms with Crippen molar-refractivity contribution in [3.63, 3.8) is 0 Å². The zero-order valence-electron chi connectivity index (χ0n) is 12.1. The number of ether oxygens (including phenoxy) is 1. The molecule has 0 aliphatic rings. The van der Waals surface area contributed by atoms with Crippen LogP contribution in [0.25, 0.3) is 0 Å². The molecule has 108 valence electrons. The number of halogens is 1. The predicted octanol–water partition coefficient (Wildman–Crippen LogP) is 4.51. The van der Waals surface area contributed by atoms with E-state index in [1.54, 1.807) is 6.26 Å². The minimum Gasteiger partial charge on any atom is -0.489 e. The summed E-state index contributed by atoms with van der Waals surface area (Å²) in [5.41, 5.74) is 1.14. The van der Waals surface area contributed by atoms with Crippen molar-refractivity contribution in [1.29, 1.82) is 0 Å². The predicted molar refractivity (Wildman–Crippen MR) is 83.8 cm³/mol. The second-order valence-electron chi connectivity index (χ2n) is 5.72. The van der Waals surface area contributed by atoms with Crippen LogP contribution in [0.5, 0.6) is 5.75 Å². The highest BCUT2D eigenvalue weighted by molar-refractivity contribution is 9.10. The Bertz CT molecular complexity index is 558. The van der Waals surface area contributed by atoms with Gasteiger partial charge in [-0.25, -0.2) is 0 Å². The molecular formula is C16H20BrNO2. The minimum atomic E-state index is 0.0647. The van der Waals surface area contributed by atoms with Gasteiger partial charge in [0.25, 0.3) is 0 Å². The van der Waals surface area contributed by atoms with Crippen LogP contribution in [-0.2, 0) is 13.2 Å². The van der Waals surface area contributed by atoms with Crippen molar-refractivity contribution in [2.75, 3.05) is 0 Å². The van der Waals surface area contributed by atoms with Crippen LogP contribution < -0.4 is 10.1 Å². The molecule has 0 aliphatic heterocycles. The number of hydrogen-bond donors (Lipinski definition) is 1. The largest absolute Gasteiger partial charge is 0.489 e. The Morgan fingerprint density at radius 1 is 1.25 bits per heavy atom. The van der Waals surface area contributed by atoms with E-state index in [0.717, 1.165) is 21.5 Å². The van der Waals surface area contributed by atoms with E-state index in [4.69, 9.17) is 9.15 Å². The second-order valence-corrected chi connectivity index (χ2v) is 6.63. The van der Waals surface area contributed by atoms with Gasteiger partial charge in [-0.2, -0.15) is 0 Å². The summed E-state index contributed by atoms with van der Waals surface area (Å²) in [6.45, 7) is 7.61. The van der Waals surface area contributed by atoms with Crippen LogP contribution in [0.15, 0.2) is 45.5 Å². The van der Waals surface area contributed by atoms with Crippen LogP contribution in [0.3, 0.4) is 0 Å². The third-order valence-electron chi connectivity index (χ3n) is 2.81. The molecule has 0 atom stereocenters. The average molecular weight is 338 g/mol. The van der Waals surface area contributed by atoms with Crippen LogP contribution >= 0.6 is 15.9 Å². The smallest absolute Gasteiger partial charge is 0.124 e. The first-order chi connectivity index (χ1) is 9.44. The molecule has 0 saturated heterocycles. The second kappa shape index (κ2) is 6.46. The first-order valence-corrected chi connectivity index (χ1v) is 7.42. The molecule has 3 nitrogen and oxygen atoms in total. The Morgan fingerprint density at radius 2 is 2.05 bits per heavy atom. The highest BCUT2D eigenvalue weighted by Crippen LogP contribution is 2.20. The molecule has 0 saturated carbocycles. The van der Waals surface area contributed by atoms with Crippen molar-refractivity contribution < 1.29 is 9.15 Å². The van der Waals surface area contributed by atoms with Gasteiger partial charge in [0, 0.05) is 15.6 Å². The minimum absolute atomic E-state index is 0.0647. The molecule has 0 fully saturated rings. The van der Waals surface area contributed by atoms with E-state index < -0.39 is 0 Å². The molecule has 0 spiro atoms. The van der Waals surface area contributed by atoms with Gasteiger partial charge in [-0.15, -0.1) is 0 Å². The molecule has 20 heavy (non-hydrogen) atoms. The Labute approximate surface area is 128 Å². The van der Waals surface area contributed by atoms with Crippen LogP contribution in [0.2, 0.25) is 0 Å². The monoisotopic (exact) mass is 337 g/mol. The lowest BCUT2D eigenvalue weighted by Gasteiger charge is -2.20. The van der Waals surface area contributed by atoms with Crippen molar-refractivity contribution >= 4 is 15.9 Å². The molecule has 1 N–H and O–H groups in total. The number of furan rings is 1. The molecule has 0 aliphatic carbocycles. The summed E-state index contributed by atoms with van der Waals surface area (Å²) in [5.74, 6) is 1.77. The maximum absolute atomic E-state index is 5.79. The average Bonchev–Trinajstić information content (AvgIpc) is 2.81. The summed E-state index contributed by atoms with van der Waals surface area (Å²) < 4.78 is 12.3. The summed E-state index contributed by atoms with van der Waals surface area (Å²) in [4.78, 5) is 0. The fraction of sp³-hybridized carbons (Fsp3) is 0.375. The molecule has 1 aromatic heterocycles. The lowest BCUT2D eigenvalue weighted by atomic mass is 10.1. The Hall–Kier alpha value is -1.26. The topological polar surface area (TPSA) is 34.4 Å². The normalized spacial score (nSPS) is 11.6. The quantitative estimate of drug-likeness (QED) is 0.871. The van der Waals surface area contributed by atoms with Crippen LogP contribution in [-0.4, -0.2) is 5.54 Å². The van der Waals surface area contributed by atoms with Gasteiger partial charge in [0.1, 0.15) is 18.1 Å². The van der Waals surface area contributed by atoms with Crippen LogP contribution in [0.4, 0.5) is 0 Å². The summed E-state index contributed by atoms with van der Waals surface area (Å²) in [5, 5.41) is 3.42. The third-order valence-corrected chi connectivity index (χ3v) is 3.30. The van der Waals surface area contributed by atoms with Crippen molar-refractivity contribution in [3.05, 3.63) is 52.4 Å². The first-order valence-electron chi connectivity index (χ1n) is 6.63. The molecule has 2 rings (SSSR count). The number of nitrogens with one attached hydrogen (secondary N) is 1. The summed E-state index contributed by atoms with van der Waals surface area (Å²) in [6.07, 6.45) is 1.71. The van der Waals surface area contributed by atoms with E-state index in [1.165, 1.54) is 0 Å². The SMILES string of the molecule is CC(C)(C)NCc1occc1COc1cccc(Br)c1. The van der Waals surface area contributed by atoms with Crippen molar-refractivity contribution in [3.8, 4) is 5.75 Å². The standard InChI is InChI=1S/C16H20BrNO2/c1-16(2,3)18-10-15-12(7-8-19-15)11-20-14-6-4-5-13(17)9-14/h4-9,18H,10-11H2,1-3H3. The maximum Gasteiger partial charge on any atom is 0.124 e. The zero-order chi connectivity index (χ0) is 14.6. The third kappa shape index (κ3) is 4.69. The zero-order valence-corrected chi connectivity index (χ0v) is 13.7. The Kier molecular flexibility index (Phi) is 4.89. The molecule has 4 heteroatoms. The Balaban J connectivity index is 1.95. The van der Waals surface area contributed by atoms with E-state index in [1.807, 2.05) is 30.3 Å². The summed E-state index contributed by atoms with van der Waals surface area (Å²) >= 11 is 3.43. The molecule has 2 aromatic rings. The highest BCUT2D eigenvalue weighted by atomic mass is 79.9. The van der Waals surface area contributed by atoms with Crippen molar-refractivity contribution in [2.24, 2.45) is 0 Å². The number of rotatable bonds is 5. The Morgan fingerprint density at radius 3 is 2.75 bits per heavy atom. The van der Waals surface area contributed by atoms with Gasteiger partial charge in [-0.3, -0.25) is 0 Å². The molecule has 1 aromatic carbocycles. The molecule has 0 unspecified atom stereocenters. The molecule has 0 bridgehead atoms. The van der Waals surface area contributed by atoms with Gasteiger partial charge in [0.2, 0.25) is 0 Å². The molecule has 0 radical (unpaired) electrons. The fourth-order valence-corrected chi connectivity index (χ4v) is 2.09. The van der Waals surface area contributed by atoms with Crippen LogP contribution in [0, 0.1) is 0 Å². The fourth-order valence-electron chi connectivity index (χ4n) is 1.71. The van der Waals surface area contributed by atoms with E-state index in [2.05, 4.69) is 42.0 Å². The van der Waals surface area contributed by atoms with Crippen molar-refractivity contribution in [2.45, 2.75) is 39.5 Å². The lowest BCUT2D eigenvalue weighted by molar-refractivity contribution is 0.299. The van der Waals surface area contributed by atoms with Gasteiger partial charge in [-0.1, -0.05) is 22.0 Å². The number of benzene rings is 1. The van der Waals surface area contributed by atoms with E-state index in [0.29, 0.717) is 13.2 Å². The molecular weight excluding hydrogens is 318 g/mol.